The van der Waals surface area contributed by atoms with E-state index in [4.69, 9.17) is 9.84 Å². The van der Waals surface area contributed by atoms with Gasteiger partial charge in [0.05, 0.1) is 0 Å². The Balaban J connectivity index is 2.56. The summed E-state index contributed by atoms with van der Waals surface area (Å²) in [6, 6.07) is 6.18. The van der Waals surface area contributed by atoms with Gasteiger partial charge in [-0.25, -0.2) is 4.79 Å². The summed E-state index contributed by atoms with van der Waals surface area (Å²) >= 11 is 4.85. The summed E-state index contributed by atoms with van der Waals surface area (Å²) in [6.07, 6.45) is 1.51. The average Bonchev–Trinajstić information content (AvgIpc) is 2.45. The third kappa shape index (κ3) is 6.39. The fourth-order valence-electron chi connectivity index (χ4n) is 1.55. The van der Waals surface area contributed by atoms with E-state index in [-0.39, 0.29) is 0 Å². The van der Waals surface area contributed by atoms with Crippen molar-refractivity contribution in [3.63, 3.8) is 0 Å². The summed E-state index contributed by atoms with van der Waals surface area (Å²) in [5.41, 5.74) is 0. The van der Waals surface area contributed by atoms with E-state index < -0.39 is 24.0 Å². The van der Waals surface area contributed by atoms with Gasteiger partial charge in [0.15, 0.2) is 6.10 Å². The van der Waals surface area contributed by atoms with Crippen LogP contribution in [-0.4, -0.2) is 41.1 Å². The molecule has 7 heteroatoms. The standard InChI is InChI=1S/C14H18BrNO4S/c1-9(20-11-5-3-10(15)4-6-11)13(17)16-12(14(18)19)7-8-21-2/h3-6,9,12H,7-8H2,1-2H3,(H,16,17)(H,18,19)/t9?,12-/m1/s1. The highest BCUT2D eigenvalue weighted by atomic mass is 79.9. The Morgan fingerprint density at radius 3 is 2.52 bits per heavy atom. The quantitative estimate of drug-likeness (QED) is 0.729. The van der Waals surface area contributed by atoms with Crippen LogP contribution in [0.5, 0.6) is 5.75 Å². The molecule has 1 unspecified atom stereocenters. The first-order chi connectivity index (χ1) is 9.93. The largest absolute Gasteiger partial charge is 0.481 e. The fraction of sp³-hybridized carbons (Fsp3) is 0.429. The summed E-state index contributed by atoms with van der Waals surface area (Å²) in [6.45, 7) is 1.59. The summed E-state index contributed by atoms with van der Waals surface area (Å²) in [7, 11) is 0. The minimum absolute atomic E-state index is 0.382. The Hall–Kier alpha value is -1.21. The van der Waals surface area contributed by atoms with Gasteiger partial charge < -0.3 is 15.2 Å². The molecule has 0 radical (unpaired) electrons. The molecule has 0 aromatic heterocycles. The molecule has 0 spiro atoms. The molecule has 0 aliphatic heterocycles. The highest BCUT2D eigenvalue weighted by Gasteiger charge is 2.23. The van der Waals surface area contributed by atoms with Crippen LogP contribution < -0.4 is 10.1 Å². The van der Waals surface area contributed by atoms with Gasteiger partial charge in [0.2, 0.25) is 0 Å². The van der Waals surface area contributed by atoms with Gasteiger partial charge in [0.1, 0.15) is 11.8 Å². The van der Waals surface area contributed by atoms with Gasteiger partial charge in [0.25, 0.3) is 5.91 Å². The monoisotopic (exact) mass is 375 g/mol. The van der Waals surface area contributed by atoms with Crippen LogP contribution in [0.1, 0.15) is 13.3 Å². The summed E-state index contributed by atoms with van der Waals surface area (Å²) in [4.78, 5) is 23.1. The number of benzene rings is 1. The molecule has 0 fully saturated rings. The van der Waals surface area contributed by atoms with E-state index in [1.165, 1.54) is 11.8 Å². The second-order valence-corrected chi connectivity index (χ2v) is 6.30. The number of amides is 1. The molecule has 0 heterocycles. The van der Waals surface area contributed by atoms with Crippen LogP contribution in [0.4, 0.5) is 0 Å². The van der Waals surface area contributed by atoms with Crippen LogP contribution in [0, 0.1) is 0 Å². The number of thioether (sulfide) groups is 1. The van der Waals surface area contributed by atoms with Crippen LogP contribution in [-0.2, 0) is 9.59 Å². The number of carbonyl (C=O) groups excluding carboxylic acids is 1. The molecule has 2 N–H and O–H groups in total. The van der Waals surface area contributed by atoms with Gasteiger partial charge in [-0.1, -0.05) is 15.9 Å². The maximum atomic E-state index is 12.0. The Kier molecular flexibility index (Phi) is 7.60. The predicted molar refractivity (Wildman–Crippen MR) is 86.8 cm³/mol. The number of ether oxygens (including phenoxy) is 1. The van der Waals surface area contributed by atoms with Crippen molar-refractivity contribution in [1.82, 2.24) is 5.32 Å². The molecule has 0 bridgehead atoms. The molecule has 0 saturated heterocycles. The number of rotatable bonds is 8. The van der Waals surface area contributed by atoms with Crippen molar-refractivity contribution in [3.8, 4) is 5.75 Å². The molecule has 116 valence electrons. The highest BCUT2D eigenvalue weighted by Crippen LogP contribution is 2.17. The van der Waals surface area contributed by atoms with E-state index in [9.17, 15) is 9.59 Å². The first-order valence-corrected chi connectivity index (χ1v) is 8.57. The van der Waals surface area contributed by atoms with Crippen LogP contribution in [0.25, 0.3) is 0 Å². The van der Waals surface area contributed by atoms with Crippen LogP contribution in [0.3, 0.4) is 0 Å². The van der Waals surface area contributed by atoms with E-state index in [2.05, 4.69) is 21.2 Å². The van der Waals surface area contributed by atoms with Gasteiger partial charge in [-0.2, -0.15) is 11.8 Å². The van der Waals surface area contributed by atoms with Crippen molar-refractivity contribution in [2.75, 3.05) is 12.0 Å². The summed E-state index contributed by atoms with van der Waals surface area (Å²) in [5, 5.41) is 11.6. The molecule has 1 aromatic rings. The number of nitrogens with one attached hydrogen (secondary N) is 1. The first-order valence-electron chi connectivity index (χ1n) is 6.38. The molecular weight excluding hydrogens is 358 g/mol. The zero-order chi connectivity index (χ0) is 15.8. The molecule has 21 heavy (non-hydrogen) atoms. The number of aliphatic carboxylic acids is 1. The molecule has 0 aliphatic rings. The lowest BCUT2D eigenvalue weighted by Gasteiger charge is -2.18. The van der Waals surface area contributed by atoms with Crippen molar-refractivity contribution in [1.29, 1.82) is 0 Å². The Morgan fingerprint density at radius 1 is 1.38 bits per heavy atom. The molecule has 0 aliphatic carbocycles. The highest BCUT2D eigenvalue weighted by molar-refractivity contribution is 9.10. The van der Waals surface area contributed by atoms with E-state index in [1.54, 1.807) is 31.2 Å². The number of carboxylic acid groups (broad SMARTS) is 1. The third-order valence-corrected chi connectivity index (χ3v) is 3.89. The number of hydrogen-bond donors (Lipinski definition) is 2. The zero-order valence-corrected chi connectivity index (χ0v) is 14.2. The van der Waals surface area contributed by atoms with E-state index in [0.717, 1.165) is 4.47 Å². The van der Waals surface area contributed by atoms with E-state index in [0.29, 0.717) is 17.9 Å². The minimum atomic E-state index is -1.03. The molecule has 5 nitrogen and oxygen atoms in total. The van der Waals surface area contributed by atoms with Gasteiger partial charge >= 0.3 is 5.97 Å². The summed E-state index contributed by atoms with van der Waals surface area (Å²) < 4.78 is 6.40. The number of carbonyl (C=O) groups is 2. The van der Waals surface area contributed by atoms with Gasteiger partial charge in [-0.3, -0.25) is 4.79 Å². The topological polar surface area (TPSA) is 75.6 Å². The predicted octanol–water partition coefficient (Wildman–Crippen LogP) is 2.54. The van der Waals surface area contributed by atoms with Crippen LogP contribution in [0.15, 0.2) is 28.7 Å². The number of carboxylic acids is 1. The van der Waals surface area contributed by atoms with Crippen molar-refractivity contribution >= 4 is 39.6 Å². The van der Waals surface area contributed by atoms with Crippen LogP contribution in [0.2, 0.25) is 0 Å². The molecular formula is C14H18BrNO4S. The maximum Gasteiger partial charge on any atom is 0.326 e. The third-order valence-electron chi connectivity index (χ3n) is 2.72. The van der Waals surface area contributed by atoms with Crippen molar-refractivity contribution in [3.05, 3.63) is 28.7 Å². The number of hydrogen-bond acceptors (Lipinski definition) is 4. The summed E-state index contributed by atoms with van der Waals surface area (Å²) in [5.74, 6) is -0.254. The lowest BCUT2D eigenvalue weighted by atomic mass is 10.2. The van der Waals surface area contributed by atoms with Gasteiger partial charge in [0, 0.05) is 4.47 Å². The van der Waals surface area contributed by atoms with Gasteiger partial charge in [-0.15, -0.1) is 0 Å². The Morgan fingerprint density at radius 2 is 2.00 bits per heavy atom. The van der Waals surface area contributed by atoms with Crippen molar-refractivity contribution < 1.29 is 19.4 Å². The van der Waals surface area contributed by atoms with Crippen molar-refractivity contribution in [2.45, 2.75) is 25.5 Å². The van der Waals surface area contributed by atoms with Gasteiger partial charge in [-0.05, 0) is 49.6 Å². The Bertz CT molecular complexity index is 480. The number of halogens is 1. The lowest BCUT2D eigenvalue weighted by Crippen LogP contribution is -2.46. The Labute approximate surface area is 136 Å². The fourth-order valence-corrected chi connectivity index (χ4v) is 2.29. The molecule has 0 saturated carbocycles. The minimum Gasteiger partial charge on any atom is -0.481 e. The molecule has 2 atom stereocenters. The lowest BCUT2D eigenvalue weighted by molar-refractivity contribution is -0.142. The maximum absolute atomic E-state index is 12.0. The molecule has 1 aromatic carbocycles. The molecule has 1 amide bonds. The van der Waals surface area contributed by atoms with Crippen LogP contribution >= 0.6 is 27.7 Å². The zero-order valence-electron chi connectivity index (χ0n) is 11.8. The smallest absolute Gasteiger partial charge is 0.326 e. The SMILES string of the molecule is CSCC[C@@H](NC(=O)C(C)Oc1ccc(Br)cc1)C(=O)O. The first kappa shape index (κ1) is 17.8. The van der Waals surface area contributed by atoms with E-state index >= 15 is 0 Å². The normalized spacial score (nSPS) is 13.3. The van der Waals surface area contributed by atoms with E-state index in [1.807, 2.05) is 6.26 Å². The second-order valence-electron chi connectivity index (χ2n) is 4.39. The van der Waals surface area contributed by atoms with Crippen molar-refractivity contribution in [2.24, 2.45) is 0 Å². The average molecular weight is 376 g/mol. The second kappa shape index (κ2) is 8.94. The molecule has 1 rings (SSSR count).